The fraction of sp³-hybridized carbons (Fsp3) is 0.778. The lowest BCUT2D eigenvalue weighted by molar-refractivity contribution is -0.143. The highest BCUT2D eigenvalue weighted by Crippen LogP contribution is 2.37. The van der Waals surface area contributed by atoms with Crippen LogP contribution in [0.25, 0.3) is 0 Å². The molecule has 1 heterocycles. The quantitative estimate of drug-likeness (QED) is 0.414. The van der Waals surface area contributed by atoms with Crippen molar-refractivity contribution in [2.45, 2.75) is 78.0 Å². The first-order valence-corrected chi connectivity index (χ1v) is 11.6. The lowest BCUT2D eigenvalue weighted by atomic mass is 10.1. The number of carbonyl (C=O) groups is 2. The average molecular weight is 563 g/mol. The largest absolute Gasteiger partial charge is 0.499 e. The van der Waals surface area contributed by atoms with Crippen LogP contribution in [0.15, 0.2) is 11.8 Å². The Hall–Kier alpha value is -0.0200. The molecule has 0 fully saturated rings. The van der Waals surface area contributed by atoms with Gasteiger partial charge in [0.15, 0.2) is 13.8 Å². The van der Waals surface area contributed by atoms with Crippen molar-refractivity contribution in [3.8, 4) is 0 Å². The number of nitrogens with one attached hydrogen (secondary N) is 1. The fourth-order valence-corrected chi connectivity index (χ4v) is 3.58. The zero-order chi connectivity index (χ0) is 24.2. The second-order valence-corrected chi connectivity index (χ2v) is 13.0. The van der Waals surface area contributed by atoms with Crippen molar-refractivity contribution in [3.63, 3.8) is 0 Å². The Morgan fingerprint density at radius 1 is 1.13 bits per heavy atom. The Labute approximate surface area is 212 Å². The summed E-state index contributed by atoms with van der Waals surface area (Å²) in [6.07, 6.45) is -0.602. The summed E-state index contributed by atoms with van der Waals surface area (Å²) in [6, 6.07) is -1.88. The summed E-state index contributed by atoms with van der Waals surface area (Å²) in [5, 5.41) is 13.0. The van der Waals surface area contributed by atoms with Gasteiger partial charge in [0.1, 0.15) is 17.4 Å². The molecule has 180 valence electrons. The Morgan fingerprint density at radius 3 is 2.13 bits per heavy atom. The highest BCUT2D eigenvalue weighted by Gasteiger charge is 2.42. The van der Waals surface area contributed by atoms with E-state index in [1.165, 1.54) is 13.2 Å². The molecule has 1 aliphatic rings. The van der Waals surface area contributed by atoms with E-state index in [2.05, 4.69) is 5.32 Å². The highest BCUT2D eigenvalue weighted by molar-refractivity contribution is 6.67. The molecule has 0 radical (unpaired) electrons. The number of aliphatic hydroxyl groups excluding tert-OH is 1. The second-order valence-electron chi connectivity index (χ2n) is 7.95. The maximum absolute atomic E-state index is 13.3. The van der Waals surface area contributed by atoms with Gasteiger partial charge in [-0.3, -0.25) is 4.79 Å². The van der Waals surface area contributed by atoms with Crippen LogP contribution in [0.1, 0.15) is 46.5 Å². The van der Waals surface area contributed by atoms with Crippen molar-refractivity contribution in [1.82, 2.24) is 10.2 Å². The number of nitrogens with zero attached hydrogens (tertiary/aromatic N) is 1. The van der Waals surface area contributed by atoms with Crippen molar-refractivity contribution in [2.75, 3.05) is 7.11 Å². The molecular formula is C18H26Cl6N2O5. The van der Waals surface area contributed by atoms with Gasteiger partial charge in [-0.2, -0.15) is 0 Å². The van der Waals surface area contributed by atoms with E-state index >= 15 is 0 Å². The fourth-order valence-electron chi connectivity index (χ4n) is 2.92. The minimum absolute atomic E-state index is 0.0305. The van der Waals surface area contributed by atoms with Gasteiger partial charge in [-0.25, -0.2) is 4.79 Å². The van der Waals surface area contributed by atoms with Crippen LogP contribution in [-0.2, 0) is 14.3 Å². The summed E-state index contributed by atoms with van der Waals surface area (Å²) in [6.45, 7) is 5.03. The lowest BCUT2D eigenvalue weighted by Crippen LogP contribution is -2.54. The van der Waals surface area contributed by atoms with Gasteiger partial charge < -0.3 is 24.8 Å². The number of hydrogen-bond acceptors (Lipinski definition) is 5. The molecule has 0 aliphatic carbocycles. The number of methoxy groups -OCH3 is 1. The van der Waals surface area contributed by atoms with E-state index in [0.717, 1.165) is 4.90 Å². The van der Waals surface area contributed by atoms with Crippen LogP contribution in [0.5, 0.6) is 0 Å². The maximum Gasteiger partial charge on any atom is 0.408 e. The summed E-state index contributed by atoms with van der Waals surface area (Å²) in [5.41, 5.74) is -0.794. The van der Waals surface area contributed by atoms with E-state index in [4.69, 9.17) is 79.1 Å². The van der Waals surface area contributed by atoms with Crippen molar-refractivity contribution < 1.29 is 24.2 Å². The molecule has 7 nitrogen and oxygen atoms in total. The van der Waals surface area contributed by atoms with Crippen LogP contribution in [0.3, 0.4) is 0 Å². The summed E-state index contributed by atoms with van der Waals surface area (Å²) < 4.78 is 7.30. The number of rotatable bonds is 7. The number of amides is 2. The van der Waals surface area contributed by atoms with Gasteiger partial charge in [-0.1, -0.05) is 69.6 Å². The van der Waals surface area contributed by atoms with Crippen LogP contribution in [-0.4, -0.2) is 60.6 Å². The van der Waals surface area contributed by atoms with Crippen LogP contribution in [0, 0.1) is 0 Å². The normalized spacial score (nSPS) is 20.9. The van der Waals surface area contributed by atoms with Crippen molar-refractivity contribution in [3.05, 3.63) is 11.8 Å². The molecule has 0 spiro atoms. The summed E-state index contributed by atoms with van der Waals surface area (Å²) in [4.78, 5) is 26.8. The molecule has 0 bridgehead atoms. The van der Waals surface area contributed by atoms with E-state index in [0.29, 0.717) is 5.76 Å². The monoisotopic (exact) mass is 560 g/mol. The zero-order valence-electron chi connectivity index (χ0n) is 17.4. The molecule has 2 N–H and O–H groups in total. The molecular weight excluding hydrogens is 537 g/mol. The third-order valence-corrected chi connectivity index (χ3v) is 5.29. The number of ether oxygens (including phenoxy) is 2. The zero-order valence-corrected chi connectivity index (χ0v) is 22.0. The molecule has 1 rings (SSSR count). The van der Waals surface area contributed by atoms with Crippen LogP contribution < -0.4 is 5.32 Å². The van der Waals surface area contributed by atoms with Gasteiger partial charge >= 0.3 is 6.09 Å². The minimum Gasteiger partial charge on any atom is -0.499 e. The molecule has 0 aromatic rings. The van der Waals surface area contributed by atoms with Gasteiger partial charge in [0.25, 0.3) is 0 Å². The lowest BCUT2D eigenvalue weighted by Gasteiger charge is -2.33. The molecule has 3 atom stereocenters. The molecule has 31 heavy (non-hydrogen) atoms. The third-order valence-electron chi connectivity index (χ3n) is 4.16. The topological polar surface area (TPSA) is 88.1 Å². The van der Waals surface area contributed by atoms with Gasteiger partial charge in [0.2, 0.25) is 5.91 Å². The molecule has 0 saturated carbocycles. The number of alkyl carbamates (subject to hydrolysis) is 1. The Balaban J connectivity index is 3.11. The van der Waals surface area contributed by atoms with Gasteiger partial charge in [-0.15, -0.1) is 0 Å². The minimum atomic E-state index is -1.65. The van der Waals surface area contributed by atoms with Crippen LogP contribution in [0.4, 0.5) is 4.79 Å². The highest BCUT2D eigenvalue weighted by atomic mass is 35.6. The predicted molar refractivity (Wildman–Crippen MR) is 124 cm³/mol. The molecule has 0 aromatic heterocycles. The van der Waals surface area contributed by atoms with Gasteiger partial charge in [0, 0.05) is 6.08 Å². The van der Waals surface area contributed by atoms with E-state index < -0.39 is 43.5 Å². The van der Waals surface area contributed by atoms with E-state index in [-0.39, 0.29) is 25.7 Å². The van der Waals surface area contributed by atoms with Crippen molar-refractivity contribution in [1.29, 1.82) is 0 Å². The number of alkyl halides is 6. The van der Waals surface area contributed by atoms with Crippen molar-refractivity contribution >= 4 is 81.6 Å². The number of aliphatic hydroxyl groups is 1. The average Bonchev–Trinajstić information content (AvgIpc) is 2.88. The molecule has 13 heteroatoms. The molecule has 0 aromatic carbocycles. The number of carbonyl (C=O) groups excluding carboxylic acids is 2. The van der Waals surface area contributed by atoms with Gasteiger partial charge in [-0.05, 0) is 46.5 Å². The first-order valence-electron chi connectivity index (χ1n) is 9.32. The molecule has 2 amide bonds. The number of halogens is 6. The predicted octanol–water partition coefficient (Wildman–Crippen LogP) is 5.24. The third kappa shape index (κ3) is 10.6. The molecule has 0 saturated heterocycles. The van der Waals surface area contributed by atoms with Gasteiger partial charge in [0.05, 0.1) is 13.2 Å². The second kappa shape index (κ2) is 11.4. The molecule has 1 aliphatic heterocycles. The van der Waals surface area contributed by atoms with Crippen LogP contribution in [0.2, 0.25) is 0 Å². The summed E-state index contributed by atoms with van der Waals surface area (Å²) in [5.74, 6) is -0.308. The standard InChI is InChI=1S/C18H26Cl6N2O5/c1-16(2,3)31-15(29)25-10(5-7-17(19,20)21)14(28)26-11(6-8-18(22,23)24)12(30-4)9-13(26)27/h9-11,13,27H,5-8H2,1-4H3,(H,25,29)/t10-,11-,13?/m0/s1. The Morgan fingerprint density at radius 2 is 1.68 bits per heavy atom. The molecule has 1 unspecified atom stereocenters. The first-order chi connectivity index (χ1) is 13.9. The Bertz CT molecular complexity index is 672. The summed E-state index contributed by atoms with van der Waals surface area (Å²) in [7, 11) is 1.40. The van der Waals surface area contributed by atoms with E-state index in [9.17, 15) is 14.7 Å². The first kappa shape index (κ1) is 29.0. The SMILES string of the molecule is COC1=CC(O)N(C(=O)[C@H](CCC(Cl)(Cl)Cl)NC(=O)OC(C)(C)C)[C@H]1CCC(Cl)(Cl)Cl. The van der Waals surface area contributed by atoms with Crippen LogP contribution >= 0.6 is 69.6 Å². The van der Waals surface area contributed by atoms with E-state index in [1.54, 1.807) is 20.8 Å². The maximum atomic E-state index is 13.3. The van der Waals surface area contributed by atoms with Crippen molar-refractivity contribution in [2.24, 2.45) is 0 Å². The Kier molecular flexibility index (Phi) is 10.7. The number of hydrogen-bond donors (Lipinski definition) is 2. The smallest absolute Gasteiger partial charge is 0.408 e. The van der Waals surface area contributed by atoms with E-state index in [1.807, 2.05) is 0 Å². The summed E-state index contributed by atoms with van der Waals surface area (Å²) >= 11 is 35.0.